The van der Waals surface area contributed by atoms with E-state index in [0.717, 1.165) is 18.5 Å². The molecule has 0 aliphatic rings. The minimum absolute atomic E-state index is 0.0298. The molecule has 1 aromatic heterocycles. The predicted octanol–water partition coefficient (Wildman–Crippen LogP) is 4.29. The van der Waals surface area contributed by atoms with Crippen molar-refractivity contribution in [1.29, 1.82) is 0 Å². The van der Waals surface area contributed by atoms with Crippen LogP contribution in [-0.4, -0.2) is 17.0 Å². The number of methoxy groups -OCH3 is 1. The molecule has 0 bridgehead atoms. The molecular formula is C15H8BrClF2N2O2. The minimum Gasteiger partial charge on any atom is -0.495 e. The number of rotatable bonds is 2. The van der Waals surface area contributed by atoms with Gasteiger partial charge in [0.25, 0.3) is 5.56 Å². The van der Waals surface area contributed by atoms with E-state index < -0.39 is 29.3 Å². The molecule has 0 atom stereocenters. The highest BCUT2D eigenvalue weighted by Gasteiger charge is 2.20. The van der Waals surface area contributed by atoms with Gasteiger partial charge in [-0.3, -0.25) is 4.79 Å². The lowest BCUT2D eigenvalue weighted by Crippen LogP contribution is -2.09. The zero-order chi connectivity index (χ0) is 19.2. The zero-order valence-electron chi connectivity index (χ0n) is 14.1. The van der Waals surface area contributed by atoms with Crippen molar-refractivity contribution in [3.8, 4) is 16.9 Å². The number of hydrogen-bond acceptors (Lipinski definition) is 3. The number of fused-ring (bicyclic) bond motifs is 1. The Morgan fingerprint density at radius 3 is 2.91 bits per heavy atom. The second-order valence-corrected chi connectivity index (χ2v) is 5.75. The van der Waals surface area contributed by atoms with Crippen LogP contribution in [0.25, 0.3) is 22.0 Å². The van der Waals surface area contributed by atoms with Gasteiger partial charge in [-0.15, -0.1) is 0 Å². The maximum atomic E-state index is 14.5. The van der Waals surface area contributed by atoms with Gasteiger partial charge >= 0.3 is 0 Å². The van der Waals surface area contributed by atoms with E-state index in [2.05, 4.69) is 25.9 Å². The quantitative estimate of drug-likeness (QED) is 0.648. The summed E-state index contributed by atoms with van der Waals surface area (Å²) in [6.07, 6.45) is 1.07. The summed E-state index contributed by atoms with van der Waals surface area (Å²) in [6.45, 7) is 0. The largest absolute Gasteiger partial charge is 0.495 e. The topological polar surface area (TPSA) is 55.0 Å². The Morgan fingerprint density at radius 2 is 2.17 bits per heavy atom. The van der Waals surface area contributed by atoms with Gasteiger partial charge in [-0.2, -0.15) is 0 Å². The van der Waals surface area contributed by atoms with Gasteiger partial charge in [-0.25, -0.2) is 13.8 Å². The van der Waals surface area contributed by atoms with Crippen molar-refractivity contribution >= 4 is 38.4 Å². The molecule has 0 amide bonds. The van der Waals surface area contributed by atoms with E-state index in [1.807, 2.05) is 0 Å². The third-order valence-corrected chi connectivity index (χ3v) is 4.19. The first-order valence-electron chi connectivity index (χ1n) is 7.63. The van der Waals surface area contributed by atoms with E-state index in [1.165, 1.54) is 6.07 Å². The second-order valence-electron chi connectivity index (χ2n) is 4.52. The molecule has 8 heteroatoms. The summed E-state index contributed by atoms with van der Waals surface area (Å²) in [5.74, 6) is -2.25. The van der Waals surface area contributed by atoms with Crippen LogP contribution in [0.15, 0.2) is 33.8 Å². The van der Waals surface area contributed by atoms with Crippen LogP contribution < -0.4 is 10.3 Å². The van der Waals surface area contributed by atoms with Gasteiger partial charge in [0, 0.05) is 11.1 Å². The molecule has 0 fully saturated rings. The van der Waals surface area contributed by atoms with Gasteiger partial charge < -0.3 is 9.72 Å². The third kappa shape index (κ3) is 2.49. The van der Waals surface area contributed by atoms with Crippen LogP contribution in [-0.2, 0) is 0 Å². The predicted molar refractivity (Wildman–Crippen MR) is 87.0 cm³/mol. The van der Waals surface area contributed by atoms with Crippen molar-refractivity contribution < 1.29 is 17.6 Å². The fourth-order valence-corrected chi connectivity index (χ4v) is 2.91. The molecule has 0 saturated heterocycles. The van der Waals surface area contributed by atoms with Gasteiger partial charge in [0.1, 0.15) is 22.0 Å². The zero-order valence-corrected chi connectivity index (χ0v) is 13.4. The summed E-state index contributed by atoms with van der Waals surface area (Å²) in [5, 5.41) is -0.910. The number of hydrogen-bond donors (Lipinski definition) is 1. The number of aromatic nitrogens is 2. The average molecular weight is 405 g/mol. The van der Waals surface area contributed by atoms with Crippen molar-refractivity contribution in [3.63, 3.8) is 0 Å². The average Bonchev–Trinajstić information content (AvgIpc) is 2.54. The standard InChI is InChI=1S/C15H8BrClF2N2O2/c1-23-14-8(16)4-7(13-10(14)15(22)21-5-20-13)6-2-3-9(18)11(17)12(6)19/h2-5H,1H3,(H,20,21,22)/i1D3. The first-order valence-corrected chi connectivity index (χ1v) is 7.30. The highest BCUT2D eigenvalue weighted by Crippen LogP contribution is 2.39. The highest BCUT2D eigenvalue weighted by molar-refractivity contribution is 9.10. The monoisotopic (exact) mass is 403 g/mol. The molecule has 1 heterocycles. The Morgan fingerprint density at radius 1 is 1.39 bits per heavy atom. The molecule has 3 rings (SSSR count). The number of halogens is 4. The van der Waals surface area contributed by atoms with Crippen LogP contribution in [0, 0.1) is 11.6 Å². The van der Waals surface area contributed by atoms with Gasteiger partial charge in [0.15, 0.2) is 5.82 Å². The summed E-state index contributed by atoms with van der Waals surface area (Å²) < 4.78 is 54.6. The van der Waals surface area contributed by atoms with Crippen molar-refractivity contribution in [1.82, 2.24) is 9.97 Å². The summed E-state index contributed by atoms with van der Waals surface area (Å²) in [7, 11) is -2.83. The summed E-state index contributed by atoms with van der Waals surface area (Å²) in [5.41, 5.74) is -0.723. The summed E-state index contributed by atoms with van der Waals surface area (Å²) >= 11 is 8.75. The van der Waals surface area contributed by atoms with Crippen molar-refractivity contribution in [2.45, 2.75) is 0 Å². The molecule has 0 aliphatic heterocycles. The SMILES string of the molecule is [2H]C([2H])([2H])Oc1c(Br)cc(-c2ccc(F)c(Cl)c2F)c2nc[nH]c(=O)c12. The van der Waals surface area contributed by atoms with Gasteiger partial charge in [0.05, 0.1) is 27.5 Å². The molecule has 0 unspecified atom stereocenters. The fourth-order valence-electron chi connectivity index (χ4n) is 2.23. The second kappa shape index (κ2) is 5.90. The third-order valence-electron chi connectivity index (χ3n) is 3.25. The molecule has 0 spiro atoms. The van der Waals surface area contributed by atoms with Crippen LogP contribution in [0.4, 0.5) is 8.78 Å². The lowest BCUT2D eigenvalue weighted by Gasteiger charge is -2.12. The normalized spacial score (nSPS) is 13.5. The maximum absolute atomic E-state index is 14.5. The van der Waals surface area contributed by atoms with Crippen molar-refractivity contribution in [2.75, 3.05) is 7.04 Å². The molecule has 1 N–H and O–H groups in total. The van der Waals surface area contributed by atoms with E-state index in [1.54, 1.807) is 0 Å². The van der Waals surface area contributed by atoms with Crippen molar-refractivity contribution in [3.05, 3.63) is 56.0 Å². The number of aromatic amines is 1. The van der Waals surface area contributed by atoms with Crippen LogP contribution in [0.1, 0.15) is 4.11 Å². The molecule has 3 aromatic rings. The highest BCUT2D eigenvalue weighted by atomic mass is 79.9. The molecule has 0 saturated carbocycles. The lowest BCUT2D eigenvalue weighted by molar-refractivity contribution is 0.417. The van der Waals surface area contributed by atoms with Crippen LogP contribution in [0.2, 0.25) is 5.02 Å². The Labute approximate surface area is 146 Å². The summed E-state index contributed by atoms with van der Waals surface area (Å²) in [4.78, 5) is 18.6. The first kappa shape index (κ1) is 12.4. The van der Waals surface area contributed by atoms with E-state index in [4.69, 9.17) is 20.5 Å². The first-order chi connectivity index (χ1) is 12.1. The molecule has 2 aromatic carbocycles. The van der Waals surface area contributed by atoms with Crippen LogP contribution >= 0.6 is 27.5 Å². The van der Waals surface area contributed by atoms with Gasteiger partial charge in [-0.05, 0) is 34.1 Å². The van der Waals surface area contributed by atoms with E-state index in [9.17, 15) is 13.6 Å². The molecule has 0 radical (unpaired) electrons. The molecule has 4 nitrogen and oxygen atoms in total. The minimum atomic E-state index is -2.83. The number of nitrogens with one attached hydrogen (secondary N) is 1. The van der Waals surface area contributed by atoms with Gasteiger partial charge in [-0.1, -0.05) is 11.6 Å². The van der Waals surface area contributed by atoms with E-state index in [-0.39, 0.29) is 32.3 Å². The molecule has 23 heavy (non-hydrogen) atoms. The Bertz CT molecular complexity index is 1090. The number of nitrogens with zero attached hydrogens (tertiary/aromatic N) is 1. The van der Waals surface area contributed by atoms with Gasteiger partial charge in [0.2, 0.25) is 0 Å². The number of H-pyrrole nitrogens is 1. The van der Waals surface area contributed by atoms with Crippen LogP contribution in [0.5, 0.6) is 5.75 Å². The Hall–Kier alpha value is -1.99. The molecule has 0 aliphatic carbocycles. The number of ether oxygens (including phenoxy) is 1. The lowest BCUT2D eigenvalue weighted by atomic mass is 10.0. The van der Waals surface area contributed by atoms with Crippen molar-refractivity contribution in [2.24, 2.45) is 0 Å². The smallest absolute Gasteiger partial charge is 0.262 e. The number of benzene rings is 2. The van der Waals surface area contributed by atoms with E-state index >= 15 is 0 Å². The maximum Gasteiger partial charge on any atom is 0.262 e. The van der Waals surface area contributed by atoms with Crippen LogP contribution in [0.3, 0.4) is 0 Å². The Balaban J connectivity index is 2.41. The molecule has 118 valence electrons. The van der Waals surface area contributed by atoms with E-state index in [0.29, 0.717) is 0 Å². The molecular weight excluding hydrogens is 394 g/mol. The fraction of sp³-hybridized carbons (Fsp3) is 0.0667. The Kier molecular flexibility index (Phi) is 3.19. The summed E-state index contributed by atoms with van der Waals surface area (Å²) in [6, 6.07) is 3.44.